The molecule has 0 fully saturated rings. The van der Waals surface area contributed by atoms with E-state index in [9.17, 15) is 14.4 Å². The van der Waals surface area contributed by atoms with Crippen LogP contribution in [0.5, 0.6) is 11.5 Å². The molecule has 0 radical (unpaired) electrons. The Morgan fingerprint density at radius 2 is 1.48 bits per heavy atom. The van der Waals surface area contributed by atoms with Gasteiger partial charge in [-0.05, 0) is 30.3 Å². The number of amides is 1. The number of carbonyl (C=O) groups excluding carboxylic acids is 1. The maximum atomic E-state index is 12.5. The predicted octanol–water partition coefficient (Wildman–Crippen LogP) is 1.49. The number of nitrogens with one attached hydrogen (secondary N) is 3. The molecule has 0 saturated carbocycles. The summed E-state index contributed by atoms with van der Waals surface area (Å²) in [6.45, 7) is 0. The molecule has 0 aliphatic heterocycles. The third kappa shape index (κ3) is 3.23. The molecule has 0 saturated heterocycles. The Morgan fingerprint density at radius 3 is 2.08 bits per heavy atom. The highest BCUT2D eigenvalue weighted by atomic mass is 16.5. The van der Waals surface area contributed by atoms with Gasteiger partial charge in [0.05, 0.1) is 25.0 Å². The summed E-state index contributed by atoms with van der Waals surface area (Å²) in [5.41, 5.74) is -0.148. The molecule has 1 heterocycles. The molecule has 8 heteroatoms. The number of hydrogen-bond donors (Lipinski definition) is 3. The van der Waals surface area contributed by atoms with Gasteiger partial charge >= 0.3 is 0 Å². The number of ether oxygens (including phenoxy) is 2. The van der Waals surface area contributed by atoms with E-state index in [1.165, 1.54) is 26.4 Å². The maximum absolute atomic E-state index is 12.5. The van der Waals surface area contributed by atoms with Crippen LogP contribution in [-0.4, -0.2) is 30.3 Å². The van der Waals surface area contributed by atoms with Crippen LogP contribution in [0.2, 0.25) is 0 Å². The number of methoxy groups -OCH3 is 2. The number of carbonyl (C=O) groups is 1. The van der Waals surface area contributed by atoms with Crippen molar-refractivity contribution in [3.8, 4) is 11.5 Å². The van der Waals surface area contributed by atoms with Gasteiger partial charge in [0.2, 0.25) is 0 Å². The molecule has 25 heavy (non-hydrogen) atoms. The third-order valence-corrected chi connectivity index (χ3v) is 3.67. The minimum absolute atomic E-state index is 0.185. The van der Waals surface area contributed by atoms with Crippen molar-refractivity contribution in [1.82, 2.24) is 10.2 Å². The van der Waals surface area contributed by atoms with Gasteiger partial charge in [0.15, 0.2) is 0 Å². The molecule has 2 aromatic carbocycles. The lowest BCUT2D eigenvalue weighted by atomic mass is 10.1. The first-order chi connectivity index (χ1) is 12.0. The number of aromatic amines is 2. The van der Waals surface area contributed by atoms with Crippen LogP contribution in [0.3, 0.4) is 0 Å². The fourth-order valence-corrected chi connectivity index (χ4v) is 2.40. The van der Waals surface area contributed by atoms with E-state index in [2.05, 4.69) is 15.5 Å². The largest absolute Gasteiger partial charge is 0.497 e. The van der Waals surface area contributed by atoms with Crippen LogP contribution in [0.25, 0.3) is 10.8 Å². The lowest BCUT2D eigenvalue weighted by Crippen LogP contribution is -2.19. The molecule has 0 aliphatic carbocycles. The molecule has 8 nitrogen and oxygen atoms in total. The molecule has 3 N–H and O–H groups in total. The van der Waals surface area contributed by atoms with Gasteiger partial charge in [0.1, 0.15) is 11.5 Å². The van der Waals surface area contributed by atoms with Crippen LogP contribution in [0.1, 0.15) is 10.4 Å². The Bertz CT molecular complexity index is 1050. The average Bonchev–Trinajstić information content (AvgIpc) is 2.64. The third-order valence-electron chi connectivity index (χ3n) is 3.67. The van der Waals surface area contributed by atoms with Crippen molar-refractivity contribution in [2.75, 3.05) is 19.5 Å². The van der Waals surface area contributed by atoms with Gasteiger partial charge in [-0.25, -0.2) is 0 Å². The Balaban J connectivity index is 1.96. The zero-order valence-electron chi connectivity index (χ0n) is 13.5. The van der Waals surface area contributed by atoms with E-state index in [4.69, 9.17) is 9.47 Å². The van der Waals surface area contributed by atoms with Crippen molar-refractivity contribution in [3.05, 3.63) is 62.7 Å². The highest BCUT2D eigenvalue weighted by Gasteiger charge is 2.11. The first kappa shape index (κ1) is 16.3. The molecule has 3 aromatic rings. The van der Waals surface area contributed by atoms with E-state index in [-0.39, 0.29) is 10.8 Å². The van der Waals surface area contributed by atoms with Crippen LogP contribution in [0.4, 0.5) is 5.69 Å². The van der Waals surface area contributed by atoms with Crippen molar-refractivity contribution in [2.45, 2.75) is 0 Å². The normalized spacial score (nSPS) is 10.5. The van der Waals surface area contributed by atoms with Crippen molar-refractivity contribution in [2.24, 2.45) is 0 Å². The molecule has 128 valence electrons. The number of anilines is 1. The molecule has 1 aromatic heterocycles. The fraction of sp³-hybridized carbons (Fsp3) is 0.118. The zero-order valence-corrected chi connectivity index (χ0v) is 13.5. The fourth-order valence-electron chi connectivity index (χ4n) is 2.40. The highest BCUT2D eigenvalue weighted by molar-refractivity contribution is 6.05. The van der Waals surface area contributed by atoms with Crippen LogP contribution in [-0.2, 0) is 0 Å². The monoisotopic (exact) mass is 341 g/mol. The summed E-state index contributed by atoms with van der Waals surface area (Å²) < 4.78 is 10.3. The van der Waals surface area contributed by atoms with E-state index >= 15 is 0 Å². The quantitative estimate of drug-likeness (QED) is 0.665. The summed E-state index contributed by atoms with van der Waals surface area (Å²) in [7, 11) is 2.98. The molecule has 0 aliphatic rings. The summed E-state index contributed by atoms with van der Waals surface area (Å²) in [4.78, 5) is 36.0. The molecule has 0 unspecified atom stereocenters. The van der Waals surface area contributed by atoms with E-state index in [0.29, 0.717) is 22.7 Å². The van der Waals surface area contributed by atoms with Gasteiger partial charge in [-0.2, -0.15) is 0 Å². The molecular formula is C17H15N3O5. The lowest BCUT2D eigenvalue weighted by Gasteiger charge is -2.09. The maximum Gasteiger partial charge on any atom is 0.270 e. The van der Waals surface area contributed by atoms with Gasteiger partial charge in [0, 0.05) is 17.3 Å². The minimum Gasteiger partial charge on any atom is -0.497 e. The Hall–Kier alpha value is -3.55. The first-order valence-electron chi connectivity index (χ1n) is 7.31. The van der Waals surface area contributed by atoms with Crippen molar-refractivity contribution >= 4 is 22.4 Å². The van der Waals surface area contributed by atoms with Gasteiger partial charge in [-0.15, -0.1) is 0 Å². The topological polar surface area (TPSA) is 113 Å². The molecule has 1 amide bonds. The summed E-state index contributed by atoms with van der Waals surface area (Å²) >= 11 is 0. The predicted molar refractivity (Wildman–Crippen MR) is 92.7 cm³/mol. The van der Waals surface area contributed by atoms with Crippen LogP contribution < -0.4 is 25.9 Å². The summed E-state index contributed by atoms with van der Waals surface area (Å²) in [5.74, 6) is 0.551. The Kier molecular flexibility index (Phi) is 4.25. The van der Waals surface area contributed by atoms with Crippen LogP contribution in [0, 0.1) is 0 Å². The average molecular weight is 341 g/mol. The molecular weight excluding hydrogens is 326 g/mol. The van der Waals surface area contributed by atoms with Crippen LogP contribution in [0.15, 0.2) is 46.0 Å². The van der Waals surface area contributed by atoms with E-state index in [0.717, 1.165) is 0 Å². The number of H-pyrrole nitrogens is 2. The Morgan fingerprint density at radius 1 is 0.880 bits per heavy atom. The standard InChI is InChI=1S/C17H15N3O5/c1-24-11-5-9(6-12(8-11)25-2)15(21)18-10-3-4-13-14(7-10)17(23)20-19-16(13)22/h3-8H,1-2H3,(H,18,21)(H,19,22)(H,20,23). The van der Waals surface area contributed by atoms with Gasteiger partial charge < -0.3 is 14.8 Å². The SMILES string of the molecule is COc1cc(OC)cc(C(=O)Nc2ccc3c(=O)[nH][nH]c(=O)c3c2)c1. The second-order valence-electron chi connectivity index (χ2n) is 5.22. The summed E-state index contributed by atoms with van der Waals surface area (Å²) in [5, 5.41) is 7.60. The zero-order chi connectivity index (χ0) is 18.0. The second-order valence-corrected chi connectivity index (χ2v) is 5.22. The van der Waals surface area contributed by atoms with Crippen molar-refractivity contribution < 1.29 is 14.3 Å². The van der Waals surface area contributed by atoms with E-state index in [1.807, 2.05) is 0 Å². The van der Waals surface area contributed by atoms with Gasteiger partial charge in [-0.1, -0.05) is 0 Å². The number of fused-ring (bicyclic) bond motifs is 1. The second kappa shape index (κ2) is 6.52. The van der Waals surface area contributed by atoms with Crippen LogP contribution >= 0.6 is 0 Å². The van der Waals surface area contributed by atoms with Gasteiger partial charge in [0.25, 0.3) is 17.0 Å². The van der Waals surface area contributed by atoms with Crippen molar-refractivity contribution in [1.29, 1.82) is 0 Å². The number of hydrogen-bond acceptors (Lipinski definition) is 5. The first-order valence-corrected chi connectivity index (χ1v) is 7.31. The lowest BCUT2D eigenvalue weighted by molar-refractivity contribution is 0.102. The van der Waals surface area contributed by atoms with E-state index < -0.39 is 17.0 Å². The highest BCUT2D eigenvalue weighted by Crippen LogP contribution is 2.23. The van der Waals surface area contributed by atoms with Gasteiger partial charge in [-0.3, -0.25) is 24.6 Å². The van der Waals surface area contributed by atoms with Crippen molar-refractivity contribution in [3.63, 3.8) is 0 Å². The number of benzene rings is 2. The Labute approximate surface area is 141 Å². The van der Waals surface area contributed by atoms with E-state index in [1.54, 1.807) is 24.3 Å². The number of aromatic nitrogens is 2. The summed E-state index contributed by atoms with van der Waals surface area (Å²) in [6, 6.07) is 9.25. The summed E-state index contributed by atoms with van der Waals surface area (Å²) in [6.07, 6.45) is 0. The number of rotatable bonds is 4. The molecule has 0 atom stereocenters. The molecule has 3 rings (SSSR count). The smallest absolute Gasteiger partial charge is 0.270 e. The minimum atomic E-state index is -0.450. The molecule has 0 spiro atoms. The molecule has 0 bridgehead atoms.